The summed E-state index contributed by atoms with van der Waals surface area (Å²) in [6, 6.07) is 0. The third-order valence-corrected chi connectivity index (χ3v) is 3.61. The van der Waals surface area contributed by atoms with Gasteiger partial charge in [0.2, 0.25) is 23.6 Å². The van der Waals surface area contributed by atoms with Crippen molar-refractivity contribution in [3.63, 3.8) is 0 Å². The van der Waals surface area contributed by atoms with Gasteiger partial charge in [0.1, 0.15) is 0 Å². The molecule has 0 aromatic heterocycles. The lowest BCUT2D eigenvalue weighted by Crippen LogP contribution is -2.37. The highest BCUT2D eigenvalue weighted by Crippen LogP contribution is 1.97. The Kier molecular flexibility index (Phi) is 13.9. The summed E-state index contributed by atoms with van der Waals surface area (Å²) in [7, 11) is 0. The molecular weight excluding hydrogens is 408 g/mol. The second-order valence-corrected chi connectivity index (χ2v) is 6.25. The highest BCUT2D eigenvalue weighted by Gasteiger charge is 2.11. The van der Waals surface area contributed by atoms with Crippen LogP contribution < -0.4 is 21.3 Å². The van der Waals surface area contributed by atoms with Crippen LogP contribution >= 0.6 is 0 Å². The quantitative estimate of drug-likeness (QED) is 0.116. The average molecular weight is 438 g/mol. The average Bonchev–Trinajstić information content (AvgIpc) is 2.77. The standard InChI is InChI=1S/C20H30N4O7/c1-13(9-25)17(27)21-5-7-23-19(29)15(3)11-31-12-16(4)20(30)24-8-6-22-18(28)14(2)10-26/h25-26H,1-12H2,(H,21,27)(H,22,28)(H,23,29)(H,24,30). The molecule has 0 unspecified atom stereocenters. The Bertz CT molecular complexity index is 671. The maximum Gasteiger partial charge on any atom is 0.249 e. The van der Waals surface area contributed by atoms with Crippen molar-refractivity contribution in [1.82, 2.24) is 21.3 Å². The van der Waals surface area contributed by atoms with Crippen LogP contribution in [0.2, 0.25) is 0 Å². The number of carbonyl (C=O) groups is 4. The van der Waals surface area contributed by atoms with E-state index in [1.165, 1.54) is 0 Å². The lowest BCUT2D eigenvalue weighted by molar-refractivity contribution is -0.120. The zero-order chi connectivity index (χ0) is 23.8. The molecule has 0 bridgehead atoms. The van der Waals surface area contributed by atoms with Gasteiger partial charge in [0.05, 0.1) is 26.4 Å². The molecular formula is C20H30N4O7. The van der Waals surface area contributed by atoms with Gasteiger partial charge in [0.15, 0.2) is 0 Å². The largest absolute Gasteiger partial charge is 0.391 e. The molecule has 11 heteroatoms. The van der Waals surface area contributed by atoms with Crippen molar-refractivity contribution in [2.75, 3.05) is 52.6 Å². The molecule has 0 saturated heterocycles. The van der Waals surface area contributed by atoms with Gasteiger partial charge in [-0.2, -0.15) is 0 Å². The monoisotopic (exact) mass is 438 g/mol. The lowest BCUT2D eigenvalue weighted by atomic mass is 10.3. The summed E-state index contributed by atoms with van der Waals surface area (Å²) < 4.78 is 5.24. The van der Waals surface area contributed by atoms with Gasteiger partial charge in [-0.05, 0) is 0 Å². The molecule has 4 amide bonds. The first-order valence-electron chi connectivity index (χ1n) is 9.27. The second kappa shape index (κ2) is 15.5. The summed E-state index contributed by atoms with van der Waals surface area (Å²) in [6.45, 7) is 13.3. The molecule has 0 aromatic carbocycles. The van der Waals surface area contributed by atoms with E-state index in [4.69, 9.17) is 14.9 Å². The Labute approximate surface area is 180 Å². The Morgan fingerprint density at radius 1 is 0.548 bits per heavy atom. The fraction of sp³-hybridized carbons (Fsp3) is 0.400. The fourth-order valence-corrected chi connectivity index (χ4v) is 1.78. The molecule has 172 valence electrons. The highest BCUT2D eigenvalue weighted by molar-refractivity contribution is 5.95. The van der Waals surface area contributed by atoms with Gasteiger partial charge in [0, 0.05) is 48.5 Å². The summed E-state index contributed by atoms with van der Waals surface area (Å²) in [5, 5.41) is 27.5. The molecule has 0 rings (SSSR count). The number of ether oxygens (including phenoxy) is 1. The highest BCUT2D eigenvalue weighted by atomic mass is 16.5. The minimum Gasteiger partial charge on any atom is -0.391 e. The normalized spacial score (nSPS) is 9.87. The number of rotatable bonds is 16. The lowest BCUT2D eigenvalue weighted by Gasteiger charge is -2.11. The predicted molar refractivity (Wildman–Crippen MR) is 114 cm³/mol. The third-order valence-electron chi connectivity index (χ3n) is 3.61. The summed E-state index contributed by atoms with van der Waals surface area (Å²) >= 11 is 0. The summed E-state index contributed by atoms with van der Waals surface area (Å²) in [5.74, 6) is -1.97. The van der Waals surface area contributed by atoms with E-state index in [-0.39, 0.29) is 61.7 Å². The van der Waals surface area contributed by atoms with E-state index in [0.717, 1.165) is 0 Å². The number of nitrogens with one attached hydrogen (secondary N) is 4. The fourth-order valence-electron chi connectivity index (χ4n) is 1.78. The van der Waals surface area contributed by atoms with Gasteiger partial charge >= 0.3 is 0 Å². The number of hydrogen-bond acceptors (Lipinski definition) is 7. The molecule has 0 atom stereocenters. The zero-order valence-electron chi connectivity index (χ0n) is 17.4. The van der Waals surface area contributed by atoms with Crippen LogP contribution in [-0.2, 0) is 23.9 Å². The van der Waals surface area contributed by atoms with Gasteiger partial charge in [-0.3, -0.25) is 19.2 Å². The smallest absolute Gasteiger partial charge is 0.249 e. The SMILES string of the molecule is C=C(CO)C(=O)NCCNC(=O)C(=C)COCC(=C)C(=O)NCCNC(=O)C(=C)CO. The third kappa shape index (κ3) is 12.1. The number of aliphatic hydroxyl groups excluding tert-OH is 2. The van der Waals surface area contributed by atoms with Crippen LogP contribution in [0.1, 0.15) is 0 Å². The van der Waals surface area contributed by atoms with E-state index in [9.17, 15) is 19.2 Å². The summed E-state index contributed by atoms with van der Waals surface area (Å²) in [6.07, 6.45) is 0. The van der Waals surface area contributed by atoms with E-state index in [0.29, 0.717) is 0 Å². The van der Waals surface area contributed by atoms with Crippen LogP contribution in [0.4, 0.5) is 0 Å². The second-order valence-electron chi connectivity index (χ2n) is 6.25. The maximum atomic E-state index is 11.9. The van der Waals surface area contributed by atoms with E-state index in [1.54, 1.807) is 0 Å². The summed E-state index contributed by atoms with van der Waals surface area (Å²) in [4.78, 5) is 46.5. The molecule has 0 aliphatic heterocycles. The van der Waals surface area contributed by atoms with Gasteiger partial charge in [-0.15, -0.1) is 0 Å². The van der Waals surface area contributed by atoms with E-state index in [1.807, 2.05) is 0 Å². The molecule has 0 aliphatic rings. The van der Waals surface area contributed by atoms with Crippen LogP contribution in [0.5, 0.6) is 0 Å². The first-order valence-corrected chi connectivity index (χ1v) is 9.27. The van der Waals surface area contributed by atoms with E-state index < -0.39 is 36.8 Å². The van der Waals surface area contributed by atoms with Crippen LogP contribution in [-0.4, -0.2) is 86.4 Å². The Hall–Kier alpha value is -3.28. The molecule has 0 radical (unpaired) electrons. The van der Waals surface area contributed by atoms with Gasteiger partial charge in [-0.1, -0.05) is 26.3 Å². The molecule has 0 aromatic rings. The molecule has 11 nitrogen and oxygen atoms in total. The van der Waals surface area contributed by atoms with Gasteiger partial charge in [-0.25, -0.2) is 0 Å². The Morgan fingerprint density at radius 3 is 1.06 bits per heavy atom. The Morgan fingerprint density at radius 2 is 0.806 bits per heavy atom. The van der Waals surface area contributed by atoms with Crippen molar-refractivity contribution in [2.45, 2.75) is 0 Å². The molecule has 0 fully saturated rings. The number of amides is 4. The molecule has 0 saturated carbocycles. The van der Waals surface area contributed by atoms with E-state index >= 15 is 0 Å². The number of hydrogen-bond donors (Lipinski definition) is 6. The molecule has 0 spiro atoms. The van der Waals surface area contributed by atoms with Crippen molar-refractivity contribution in [2.24, 2.45) is 0 Å². The van der Waals surface area contributed by atoms with Gasteiger partial charge in [0.25, 0.3) is 0 Å². The maximum absolute atomic E-state index is 11.9. The number of carbonyl (C=O) groups excluding carboxylic acids is 4. The molecule has 0 heterocycles. The molecule has 6 N–H and O–H groups in total. The van der Waals surface area contributed by atoms with Crippen molar-refractivity contribution in [3.8, 4) is 0 Å². The van der Waals surface area contributed by atoms with Crippen LogP contribution in [0, 0.1) is 0 Å². The minimum absolute atomic E-state index is 0.0192. The van der Waals surface area contributed by atoms with Crippen LogP contribution in [0.3, 0.4) is 0 Å². The topological polar surface area (TPSA) is 166 Å². The van der Waals surface area contributed by atoms with Crippen LogP contribution in [0.15, 0.2) is 48.6 Å². The molecule has 31 heavy (non-hydrogen) atoms. The van der Waals surface area contributed by atoms with Gasteiger partial charge < -0.3 is 36.2 Å². The zero-order valence-corrected chi connectivity index (χ0v) is 17.4. The van der Waals surface area contributed by atoms with Crippen LogP contribution in [0.25, 0.3) is 0 Å². The van der Waals surface area contributed by atoms with Crippen molar-refractivity contribution in [3.05, 3.63) is 48.6 Å². The predicted octanol–water partition coefficient (Wildman–Crippen LogP) is -2.32. The summed E-state index contributed by atoms with van der Waals surface area (Å²) in [5.41, 5.74) is 0.272. The number of aliphatic hydroxyl groups is 2. The molecule has 0 aliphatic carbocycles. The van der Waals surface area contributed by atoms with Crippen molar-refractivity contribution in [1.29, 1.82) is 0 Å². The first-order chi connectivity index (χ1) is 14.6. The van der Waals surface area contributed by atoms with Crippen molar-refractivity contribution < 1.29 is 34.1 Å². The van der Waals surface area contributed by atoms with Crippen molar-refractivity contribution >= 4 is 23.6 Å². The van der Waals surface area contributed by atoms with E-state index in [2.05, 4.69) is 47.6 Å². The minimum atomic E-state index is -0.506. The Balaban J connectivity index is 3.97. The first kappa shape index (κ1) is 27.7.